The lowest BCUT2D eigenvalue weighted by atomic mass is 10.0. The highest BCUT2D eigenvalue weighted by Gasteiger charge is 2.20. The van der Waals surface area contributed by atoms with E-state index in [-0.39, 0.29) is 0 Å². The second-order valence-electron chi connectivity index (χ2n) is 6.49. The Balaban J connectivity index is 1.94. The predicted molar refractivity (Wildman–Crippen MR) is 99.3 cm³/mol. The van der Waals surface area contributed by atoms with Gasteiger partial charge in [0.15, 0.2) is 11.6 Å². The molecule has 0 bridgehead atoms. The van der Waals surface area contributed by atoms with E-state index in [9.17, 15) is 13.6 Å². The van der Waals surface area contributed by atoms with E-state index in [1.165, 1.54) is 19.2 Å². The van der Waals surface area contributed by atoms with Crippen molar-refractivity contribution in [3.8, 4) is 0 Å². The van der Waals surface area contributed by atoms with Gasteiger partial charge in [-0.25, -0.2) is 13.6 Å². The average Bonchev–Trinajstić information content (AvgIpc) is 2.64. The number of benzene rings is 2. The van der Waals surface area contributed by atoms with Crippen LogP contribution in [0.15, 0.2) is 42.5 Å². The van der Waals surface area contributed by atoms with Gasteiger partial charge >= 0.3 is 5.97 Å². The third kappa shape index (κ3) is 3.95. The maximum atomic E-state index is 13.4. The van der Waals surface area contributed by atoms with Crippen molar-refractivity contribution in [2.45, 2.75) is 20.0 Å². The quantitative estimate of drug-likeness (QED) is 0.630. The Bertz CT molecular complexity index is 1000. The molecule has 3 rings (SSSR count). The van der Waals surface area contributed by atoms with E-state index in [2.05, 4.69) is 4.98 Å². The van der Waals surface area contributed by atoms with Gasteiger partial charge in [-0.1, -0.05) is 24.3 Å². The minimum Gasteiger partial charge on any atom is -0.465 e. The first kappa shape index (κ1) is 18.9. The van der Waals surface area contributed by atoms with E-state index in [4.69, 9.17) is 4.74 Å². The van der Waals surface area contributed by atoms with Crippen molar-refractivity contribution in [2.24, 2.45) is 0 Å². The van der Waals surface area contributed by atoms with Gasteiger partial charge < -0.3 is 4.74 Å². The second kappa shape index (κ2) is 7.80. The first-order chi connectivity index (χ1) is 12.9. The standard InChI is InChI=1S/C21H20F2N2O2/c1-13-15-6-4-5-7-18(15)24-19(20(13)21(26)27-3)12-25(2)11-14-8-9-16(22)17(23)10-14/h4-10H,11-12H2,1-3H3. The minimum absolute atomic E-state index is 0.356. The van der Waals surface area contributed by atoms with Gasteiger partial charge in [0.05, 0.1) is 23.9 Å². The summed E-state index contributed by atoms with van der Waals surface area (Å²) in [6, 6.07) is 11.4. The molecule has 1 aromatic heterocycles. The monoisotopic (exact) mass is 370 g/mol. The lowest BCUT2D eigenvalue weighted by Crippen LogP contribution is -2.21. The molecule has 0 unspecified atom stereocenters. The highest BCUT2D eigenvalue weighted by atomic mass is 19.2. The smallest absolute Gasteiger partial charge is 0.340 e. The number of methoxy groups -OCH3 is 1. The molecular weight excluding hydrogens is 350 g/mol. The lowest BCUT2D eigenvalue weighted by molar-refractivity contribution is 0.0597. The number of carbonyl (C=O) groups is 1. The van der Waals surface area contributed by atoms with Gasteiger partial charge in [0.1, 0.15) is 0 Å². The average molecular weight is 370 g/mol. The van der Waals surface area contributed by atoms with Crippen LogP contribution in [0.4, 0.5) is 8.78 Å². The van der Waals surface area contributed by atoms with Gasteiger partial charge in [0, 0.05) is 18.5 Å². The van der Waals surface area contributed by atoms with E-state index in [0.29, 0.717) is 29.9 Å². The number of aromatic nitrogens is 1. The third-order valence-corrected chi connectivity index (χ3v) is 4.47. The minimum atomic E-state index is -0.879. The zero-order valence-corrected chi connectivity index (χ0v) is 15.4. The molecule has 0 atom stereocenters. The number of pyridine rings is 1. The van der Waals surface area contributed by atoms with Gasteiger partial charge in [-0.15, -0.1) is 0 Å². The summed E-state index contributed by atoms with van der Waals surface area (Å²) in [5.41, 5.74) is 3.26. The first-order valence-electron chi connectivity index (χ1n) is 8.49. The van der Waals surface area contributed by atoms with Crippen molar-refractivity contribution in [1.82, 2.24) is 9.88 Å². The molecule has 0 aliphatic heterocycles. The van der Waals surface area contributed by atoms with Crippen LogP contribution in [-0.2, 0) is 17.8 Å². The molecule has 3 aromatic rings. The van der Waals surface area contributed by atoms with Crippen LogP contribution < -0.4 is 0 Å². The summed E-state index contributed by atoms with van der Waals surface area (Å²) in [4.78, 5) is 18.9. The SMILES string of the molecule is COC(=O)c1c(CN(C)Cc2ccc(F)c(F)c2)nc2ccccc2c1C. The Hall–Kier alpha value is -2.86. The summed E-state index contributed by atoms with van der Waals surface area (Å²) in [5.74, 6) is -2.20. The van der Waals surface area contributed by atoms with Gasteiger partial charge in [-0.05, 0) is 43.3 Å². The van der Waals surface area contributed by atoms with E-state index >= 15 is 0 Å². The normalized spacial score (nSPS) is 11.2. The summed E-state index contributed by atoms with van der Waals surface area (Å²) in [7, 11) is 3.17. The Kier molecular flexibility index (Phi) is 5.46. The van der Waals surface area contributed by atoms with Gasteiger partial charge in [-0.3, -0.25) is 9.88 Å². The van der Waals surface area contributed by atoms with Crippen molar-refractivity contribution in [3.63, 3.8) is 0 Å². The van der Waals surface area contributed by atoms with Crippen LogP contribution in [0.25, 0.3) is 10.9 Å². The van der Waals surface area contributed by atoms with Crippen LogP contribution in [0.1, 0.15) is 27.2 Å². The third-order valence-electron chi connectivity index (χ3n) is 4.47. The van der Waals surface area contributed by atoms with Crippen LogP contribution in [-0.4, -0.2) is 30.0 Å². The maximum Gasteiger partial charge on any atom is 0.340 e. The largest absolute Gasteiger partial charge is 0.465 e. The van der Waals surface area contributed by atoms with E-state index < -0.39 is 17.6 Å². The lowest BCUT2D eigenvalue weighted by Gasteiger charge is -2.20. The van der Waals surface area contributed by atoms with Crippen molar-refractivity contribution in [2.75, 3.05) is 14.2 Å². The number of rotatable bonds is 5. The number of para-hydroxylation sites is 1. The van der Waals surface area contributed by atoms with Crippen LogP contribution in [0.3, 0.4) is 0 Å². The molecule has 0 spiro atoms. The number of hydrogen-bond acceptors (Lipinski definition) is 4. The van der Waals surface area contributed by atoms with Crippen molar-refractivity contribution >= 4 is 16.9 Å². The molecule has 27 heavy (non-hydrogen) atoms. The maximum absolute atomic E-state index is 13.4. The summed E-state index contributed by atoms with van der Waals surface area (Å²) >= 11 is 0. The Labute approximate surface area is 156 Å². The molecule has 0 radical (unpaired) electrons. The molecule has 0 N–H and O–H groups in total. The number of ether oxygens (including phenoxy) is 1. The van der Waals surface area contributed by atoms with Crippen molar-refractivity contribution < 1.29 is 18.3 Å². The van der Waals surface area contributed by atoms with Crippen molar-refractivity contribution in [3.05, 3.63) is 76.5 Å². The topological polar surface area (TPSA) is 42.4 Å². The summed E-state index contributed by atoms with van der Waals surface area (Å²) in [6.07, 6.45) is 0. The van der Waals surface area contributed by atoms with Crippen LogP contribution in [0.5, 0.6) is 0 Å². The fourth-order valence-electron chi connectivity index (χ4n) is 3.19. The molecule has 140 valence electrons. The fraction of sp³-hybridized carbons (Fsp3) is 0.238. The summed E-state index contributed by atoms with van der Waals surface area (Å²) < 4.78 is 31.5. The summed E-state index contributed by atoms with van der Waals surface area (Å²) in [6.45, 7) is 2.61. The highest BCUT2D eigenvalue weighted by molar-refractivity contribution is 5.98. The molecule has 6 heteroatoms. The number of aryl methyl sites for hydroxylation is 1. The molecule has 0 fully saturated rings. The molecule has 2 aromatic carbocycles. The van der Waals surface area contributed by atoms with E-state index in [1.54, 1.807) is 0 Å². The molecule has 0 aliphatic carbocycles. The molecule has 0 aliphatic rings. The number of nitrogens with zero attached hydrogens (tertiary/aromatic N) is 2. The van der Waals surface area contributed by atoms with Gasteiger partial charge in [0.25, 0.3) is 0 Å². The fourth-order valence-corrected chi connectivity index (χ4v) is 3.19. The molecule has 0 amide bonds. The molecular formula is C21H20F2N2O2. The molecule has 0 saturated carbocycles. The zero-order valence-electron chi connectivity index (χ0n) is 15.4. The van der Waals surface area contributed by atoms with E-state index in [1.807, 2.05) is 43.1 Å². The van der Waals surface area contributed by atoms with Crippen LogP contribution in [0, 0.1) is 18.6 Å². The van der Waals surface area contributed by atoms with Crippen LogP contribution in [0.2, 0.25) is 0 Å². The van der Waals surface area contributed by atoms with Gasteiger partial charge in [-0.2, -0.15) is 0 Å². The highest BCUT2D eigenvalue weighted by Crippen LogP contribution is 2.24. The first-order valence-corrected chi connectivity index (χ1v) is 8.49. The van der Waals surface area contributed by atoms with Crippen molar-refractivity contribution in [1.29, 1.82) is 0 Å². The number of hydrogen-bond donors (Lipinski definition) is 0. The number of fused-ring (bicyclic) bond motifs is 1. The number of halogens is 2. The summed E-state index contributed by atoms with van der Waals surface area (Å²) in [5, 5.41) is 0.893. The second-order valence-corrected chi connectivity index (χ2v) is 6.49. The Morgan fingerprint density at radius 3 is 2.56 bits per heavy atom. The Morgan fingerprint density at radius 1 is 1.11 bits per heavy atom. The predicted octanol–water partition coefficient (Wildman–Crippen LogP) is 4.24. The number of carbonyl (C=O) groups excluding carboxylic acids is 1. The van der Waals surface area contributed by atoms with Gasteiger partial charge in [0.2, 0.25) is 0 Å². The molecule has 4 nitrogen and oxygen atoms in total. The van der Waals surface area contributed by atoms with E-state index in [0.717, 1.165) is 22.5 Å². The Morgan fingerprint density at radius 2 is 1.85 bits per heavy atom. The molecule has 0 saturated heterocycles. The number of esters is 1. The van der Waals surface area contributed by atoms with Crippen LogP contribution >= 0.6 is 0 Å². The molecule has 1 heterocycles. The zero-order chi connectivity index (χ0) is 19.6.